The van der Waals surface area contributed by atoms with Gasteiger partial charge in [0.1, 0.15) is 17.1 Å². The van der Waals surface area contributed by atoms with Crippen molar-refractivity contribution in [2.45, 2.75) is 6.18 Å². The average molecular weight is 320 g/mol. The van der Waals surface area contributed by atoms with Crippen molar-refractivity contribution in [3.8, 4) is 16.7 Å². The number of ether oxygens (including phenoxy) is 2. The highest BCUT2D eigenvalue weighted by molar-refractivity contribution is 7.13. The molecule has 0 fully saturated rings. The molecule has 0 amide bonds. The number of nitrogens with zero attached hydrogens (tertiary/aromatic N) is 2. The van der Waals surface area contributed by atoms with Gasteiger partial charge in [0.2, 0.25) is 5.01 Å². The van der Waals surface area contributed by atoms with Gasteiger partial charge in [0.15, 0.2) is 0 Å². The first kappa shape index (κ1) is 15.0. The Bertz CT molecular complexity index is 672. The van der Waals surface area contributed by atoms with E-state index in [-0.39, 0.29) is 28.4 Å². The Hall–Kier alpha value is -2.36. The zero-order chi connectivity index (χ0) is 15.6. The fraction of sp³-hybridized carbons (Fsp3) is 0.182. The quantitative estimate of drug-likeness (QED) is 0.932. The second-order valence-electron chi connectivity index (χ2n) is 3.64. The molecule has 1 aromatic heterocycles. The van der Waals surface area contributed by atoms with E-state index >= 15 is 0 Å². The molecule has 112 valence electrons. The molecule has 2 aromatic rings. The van der Waals surface area contributed by atoms with Crippen molar-refractivity contribution < 1.29 is 32.5 Å². The number of carboxylic acids is 1. The monoisotopic (exact) mass is 320 g/mol. The van der Waals surface area contributed by atoms with Crippen molar-refractivity contribution in [2.75, 3.05) is 7.11 Å². The lowest BCUT2D eigenvalue weighted by Gasteiger charge is -2.07. The first-order valence-electron chi connectivity index (χ1n) is 5.31. The van der Waals surface area contributed by atoms with E-state index in [4.69, 9.17) is 14.6 Å². The maximum atomic E-state index is 12.4. The second kappa shape index (κ2) is 5.56. The van der Waals surface area contributed by atoms with Crippen molar-refractivity contribution in [3.63, 3.8) is 0 Å². The summed E-state index contributed by atoms with van der Waals surface area (Å²) in [5.74, 6) is -1.20. The molecule has 0 saturated heterocycles. The second-order valence-corrected chi connectivity index (χ2v) is 4.58. The molecule has 1 heterocycles. The third-order valence-electron chi connectivity index (χ3n) is 2.26. The van der Waals surface area contributed by atoms with Crippen molar-refractivity contribution in [1.29, 1.82) is 0 Å². The van der Waals surface area contributed by atoms with Gasteiger partial charge in [0.25, 0.3) is 5.19 Å². The van der Waals surface area contributed by atoms with Crippen LogP contribution in [0.1, 0.15) is 15.4 Å². The maximum Gasteiger partial charge on any atom is 0.445 e. The number of hydrogen-bond acceptors (Lipinski definition) is 6. The molecule has 0 bridgehead atoms. The number of carbonyl (C=O) groups is 1. The van der Waals surface area contributed by atoms with Crippen LogP contribution >= 0.6 is 11.3 Å². The predicted molar refractivity (Wildman–Crippen MR) is 64.9 cm³/mol. The predicted octanol–water partition coefficient (Wildman–Crippen LogP) is 3.06. The minimum absolute atomic E-state index is 0.159. The Morgan fingerprint density at radius 2 is 2.05 bits per heavy atom. The number of hydrogen-bond donors (Lipinski definition) is 1. The summed E-state index contributed by atoms with van der Waals surface area (Å²) in [5, 5.41) is 13.6. The molecule has 0 atom stereocenters. The Morgan fingerprint density at radius 3 is 2.57 bits per heavy atom. The molecule has 0 saturated carbocycles. The van der Waals surface area contributed by atoms with Crippen LogP contribution in [0, 0.1) is 0 Å². The van der Waals surface area contributed by atoms with E-state index in [0.29, 0.717) is 0 Å². The van der Waals surface area contributed by atoms with Crippen LogP contribution in [0.2, 0.25) is 0 Å². The molecule has 0 spiro atoms. The molecule has 6 nitrogen and oxygen atoms in total. The van der Waals surface area contributed by atoms with E-state index < -0.39 is 22.3 Å². The molecule has 0 aliphatic heterocycles. The summed E-state index contributed by atoms with van der Waals surface area (Å²) in [6, 6.07) is 3.85. The van der Waals surface area contributed by atoms with E-state index in [1.54, 1.807) is 0 Å². The van der Waals surface area contributed by atoms with Gasteiger partial charge in [-0.05, 0) is 18.2 Å². The van der Waals surface area contributed by atoms with Gasteiger partial charge in [-0.15, -0.1) is 5.10 Å². The van der Waals surface area contributed by atoms with Gasteiger partial charge in [-0.1, -0.05) is 16.4 Å². The summed E-state index contributed by atoms with van der Waals surface area (Å²) < 4.78 is 47.1. The van der Waals surface area contributed by atoms with Crippen molar-refractivity contribution >= 4 is 17.3 Å². The molecule has 1 N–H and O–H groups in total. The highest BCUT2D eigenvalue weighted by Gasteiger charge is 2.36. The van der Waals surface area contributed by atoms with E-state index in [1.807, 2.05) is 0 Å². The van der Waals surface area contributed by atoms with Gasteiger partial charge in [-0.3, -0.25) is 0 Å². The maximum absolute atomic E-state index is 12.4. The fourth-order valence-corrected chi connectivity index (χ4v) is 1.93. The average Bonchev–Trinajstić information content (AvgIpc) is 2.87. The molecule has 0 aliphatic carbocycles. The summed E-state index contributed by atoms with van der Waals surface area (Å²) in [6.45, 7) is 0. The molecule has 10 heteroatoms. The van der Waals surface area contributed by atoms with E-state index in [0.717, 1.165) is 0 Å². The third-order valence-corrected chi connectivity index (χ3v) is 3.11. The van der Waals surface area contributed by atoms with Gasteiger partial charge in [-0.2, -0.15) is 13.2 Å². The molecule has 2 rings (SSSR count). The Kier molecular flexibility index (Phi) is 3.98. The lowest BCUT2D eigenvalue weighted by atomic mass is 10.2. The van der Waals surface area contributed by atoms with Gasteiger partial charge < -0.3 is 14.6 Å². The molecule has 1 aromatic carbocycles. The molecule has 0 radical (unpaired) electrons. The lowest BCUT2D eigenvalue weighted by Crippen LogP contribution is -2.03. The Balaban J connectivity index is 2.31. The highest BCUT2D eigenvalue weighted by atomic mass is 32.1. The Morgan fingerprint density at radius 1 is 1.33 bits per heavy atom. The van der Waals surface area contributed by atoms with Gasteiger partial charge in [0, 0.05) is 0 Å². The van der Waals surface area contributed by atoms with Crippen LogP contribution in [0.3, 0.4) is 0 Å². The van der Waals surface area contributed by atoms with Crippen LogP contribution in [-0.2, 0) is 6.18 Å². The van der Waals surface area contributed by atoms with Crippen LogP contribution < -0.4 is 9.47 Å². The number of benzene rings is 1. The van der Waals surface area contributed by atoms with Crippen molar-refractivity contribution in [3.05, 3.63) is 28.8 Å². The minimum Gasteiger partial charge on any atom is -0.497 e. The van der Waals surface area contributed by atoms with Gasteiger partial charge >= 0.3 is 12.1 Å². The topological polar surface area (TPSA) is 81.5 Å². The summed E-state index contributed by atoms with van der Waals surface area (Å²) in [6.07, 6.45) is -4.63. The minimum atomic E-state index is -4.63. The van der Waals surface area contributed by atoms with Crippen LogP contribution in [0.4, 0.5) is 13.2 Å². The number of rotatable bonds is 4. The third kappa shape index (κ3) is 3.40. The standard InChI is InChI=1S/C11H7F3N2O4S/c1-19-5-2-3-7(6(4-5)8(17)18)20-10-16-15-9(21-10)11(12,13)14/h2-4H,1H3,(H,17,18). The van der Waals surface area contributed by atoms with Gasteiger partial charge in [-0.25, -0.2) is 4.79 Å². The summed E-state index contributed by atoms with van der Waals surface area (Å²) in [5.41, 5.74) is -0.266. The van der Waals surface area contributed by atoms with Gasteiger partial charge in [0.05, 0.1) is 7.11 Å². The number of halogens is 3. The molecule has 0 unspecified atom stereocenters. The summed E-state index contributed by atoms with van der Waals surface area (Å²) in [4.78, 5) is 11.1. The Labute approximate surface area is 119 Å². The molecule has 21 heavy (non-hydrogen) atoms. The first-order valence-corrected chi connectivity index (χ1v) is 6.13. The van der Waals surface area contributed by atoms with E-state index in [9.17, 15) is 18.0 Å². The lowest BCUT2D eigenvalue weighted by molar-refractivity contribution is -0.138. The van der Waals surface area contributed by atoms with Crippen LogP contribution in [0.15, 0.2) is 18.2 Å². The highest BCUT2D eigenvalue weighted by Crippen LogP contribution is 2.36. The zero-order valence-corrected chi connectivity index (χ0v) is 11.2. The number of methoxy groups -OCH3 is 1. The number of aromatic nitrogens is 2. The first-order chi connectivity index (χ1) is 9.81. The van der Waals surface area contributed by atoms with Crippen LogP contribution in [0.5, 0.6) is 16.7 Å². The molecule has 0 aliphatic rings. The number of carboxylic acid groups (broad SMARTS) is 1. The fourth-order valence-electron chi connectivity index (χ4n) is 1.35. The summed E-state index contributed by atoms with van der Waals surface area (Å²) in [7, 11) is 1.35. The van der Waals surface area contributed by atoms with E-state index in [2.05, 4.69) is 10.2 Å². The summed E-state index contributed by atoms with van der Waals surface area (Å²) >= 11 is 0.171. The number of alkyl halides is 3. The van der Waals surface area contributed by atoms with Crippen molar-refractivity contribution in [1.82, 2.24) is 10.2 Å². The smallest absolute Gasteiger partial charge is 0.445 e. The van der Waals surface area contributed by atoms with E-state index in [1.165, 1.54) is 25.3 Å². The van der Waals surface area contributed by atoms with Crippen LogP contribution in [-0.4, -0.2) is 28.4 Å². The van der Waals surface area contributed by atoms with Crippen LogP contribution in [0.25, 0.3) is 0 Å². The number of aromatic carboxylic acids is 1. The largest absolute Gasteiger partial charge is 0.497 e. The molecular weight excluding hydrogens is 313 g/mol. The molecular formula is C11H7F3N2O4S. The zero-order valence-electron chi connectivity index (χ0n) is 10.3. The normalized spacial score (nSPS) is 11.2. The van der Waals surface area contributed by atoms with Crippen molar-refractivity contribution in [2.24, 2.45) is 0 Å². The SMILES string of the molecule is COc1ccc(Oc2nnc(C(F)(F)F)s2)c(C(=O)O)c1.